The molecule has 0 radical (unpaired) electrons. The van der Waals surface area contributed by atoms with E-state index in [4.69, 9.17) is 5.73 Å². The first-order chi connectivity index (χ1) is 11.8. The van der Waals surface area contributed by atoms with Crippen LogP contribution in [0, 0.1) is 0 Å². The molecule has 0 atom stereocenters. The zero-order chi connectivity index (χ0) is 16.1. The molecule has 1 aromatic heterocycles. The van der Waals surface area contributed by atoms with Gasteiger partial charge in [0.1, 0.15) is 0 Å². The van der Waals surface area contributed by atoms with E-state index in [0.29, 0.717) is 0 Å². The number of para-hydroxylation sites is 2. The molecule has 0 aliphatic heterocycles. The van der Waals surface area contributed by atoms with Crippen molar-refractivity contribution in [2.75, 3.05) is 5.73 Å². The largest absolute Gasteiger partial charge is 0.399 e. The quantitative estimate of drug-likeness (QED) is 0.406. The molecule has 0 aliphatic rings. The van der Waals surface area contributed by atoms with Crippen molar-refractivity contribution in [2.24, 2.45) is 0 Å². The molecule has 0 saturated heterocycles. The highest BCUT2D eigenvalue weighted by Gasteiger charge is 2.13. The lowest BCUT2D eigenvalue weighted by Crippen LogP contribution is -1.95. The molecule has 24 heavy (non-hydrogen) atoms. The van der Waals surface area contributed by atoms with Crippen LogP contribution in [-0.2, 0) is 0 Å². The second-order valence-electron chi connectivity index (χ2n) is 6.13. The van der Waals surface area contributed by atoms with Crippen LogP contribution in [0.15, 0.2) is 84.9 Å². The second-order valence-corrected chi connectivity index (χ2v) is 6.13. The van der Waals surface area contributed by atoms with E-state index in [-0.39, 0.29) is 0 Å². The normalized spacial score (nSPS) is 11.5. The molecule has 0 saturated carbocycles. The lowest BCUT2D eigenvalue weighted by molar-refractivity contribution is 1.20. The van der Waals surface area contributed by atoms with Gasteiger partial charge in [-0.25, -0.2) is 0 Å². The van der Waals surface area contributed by atoms with E-state index in [1.807, 2.05) is 12.1 Å². The zero-order valence-electron chi connectivity index (χ0n) is 13.1. The summed E-state index contributed by atoms with van der Waals surface area (Å²) in [6.07, 6.45) is 0. The van der Waals surface area contributed by atoms with E-state index in [9.17, 15) is 0 Å². The fourth-order valence-corrected chi connectivity index (χ4v) is 3.66. The van der Waals surface area contributed by atoms with Crippen LogP contribution in [-0.4, -0.2) is 4.57 Å². The Hall–Kier alpha value is -3.26. The van der Waals surface area contributed by atoms with Crippen molar-refractivity contribution in [3.05, 3.63) is 84.9 Å². The lowest BCUT2D eigenvalue weighted by atomic mass is 10.1. The van der Waals surface area contributed by atoms with Gasteiger partial charge in [-0.1, -0.05) is 54.6 Å². The molecule has 0 aliphatic carbocycles. The van der Waals surface area contributed by atoms with Gasteiger partial charge in [0.25, 0.3) is 0 Å². The summed E-state index contributed by atoms with van der Waals surface area (Å²) in [5.74, 6) is 0. The molecule has 0 unspecified atom stereocenters. The third kappa shape index (κ3) is 1.77. The molecule has 1 heterocycles. The van der Waals surface area contributed by atoms with Gasteiger partial charge >= 0.3 is 0 Å². The predicted molar refractivity (Wildman–Crippen MR) is 103 cm³/mol. The number of nitrogen functional groups attached to an aromatic ring is 1. The zero-order valence-corrected chi connectivity index (χ0v) is 13.1. The standard InChI is InChI=1S/C22H16N2/c23-16-12-13-17-15(14-16)6-5-11-20(17)24-21-9-3-1-7-18(21)19-8-2-4-10-22(19)24/h1-14H,23H2. The molecule has 2 heteroatoms. The van der Waals surface area contributed by atoms with Crippen LogP contribution in [0.1, 0.15) is 0 Å². The van der Waals surface area contributed by atoms with Crippen LogP contribution in [0.3, 0.4) is 0 Å². The van der Waals surface area contributed by atoms with E-state index < -0.39 is 0 Å². The van der Waals surface area contributed by atoms with Crippen molar-refractivity contribution in [3.8, 4) is 5.69 Å². The summed E-state index contributed by atoms with van der Waals surface area (Å²) in [7, 11) is 0. The maximum Gasteiger partial charge on any atom is 0.0541 e. The molecule has 0 fully saturated rings. The number of hydrogen-bond donors (Lipinski definition) is 1. The molecule has 2 N–H and O–H groups in total. The van der Waals surface area contributed by atoms with Gasteiger partial charge in [-0.2, -0.15) is 0 Å². The highest BCUT2D eigenvalue weighted by molar-refractivity contribution is 6.10. The van der Waals surface area contributed by atoms with Crippen LogP contribution in [0.5, 0.6) is 0 Å². The van der Waals surface area contributed by atoms with Crippen molar-refractivity contribution < 1.29 is 0 Å². The first-order valence-electron chi connectivity index (χ1n) is 8.10. The van der Waals surface area contributed by atoms with Crippen LogP contribution in [0.25, 0.3) is 38.3 Å². The number of nitrogens with two attached hydrogens (primary N) is 1. The fourth-order valence-electron chi connectivity index (χ4n) is 3.66. The van der Waals surface area contributed by atoms with Crippen LogP contribution in [0.2, 0.25) is 0 Å². The Kier molecular flexibility index (Phi) is 2.68. The van der Waals surface area contributed by atoms with Gasteiger partial charge in [0.05, 0.1) is 16.7 Å². The third-order valence-corrected chi connectivity index (χ3v) is 4.70. The monoisotopic (exact) mass is 308 g/mol. The molecule has 0 amide bonds. The van der Waals surface area contributed by atoms with Crippen LogP contribution >= 0.6 is 0 Å². The molecule has 114 valence electrons. The molecule has 5 rings (SSSR count). The van der Waals surface area contributed by atoms with Gasteiger partial charge in [-0.3, -0.25) is 0 Å². The number of nitrogens with zero attached hydrogens (tertiary/aromatic N) is 1. The van der Waals surface area contributed by atoms with Gasteiger partial charge < -0.3 is 10.3 Å². The molecule has 5 aromatic rings. The van der Waals surface area contributed by atoms with Gasteiger partial charge in [-0.15, -0.1) is 0 Å². The fraction of sp³-hybridized carbons (Fsp3) is 0. The lowest BCUT2D eigenvalue weighted by Gasteiger charge is -2.11. The van der Waals surface area contributed by atoms with Gasteiger partial charge in [-0.05, 0) is 35.7 Å². The van der Waals surface area contributed by atoms with Crippen LogP contribution < -0.4 is 5.73 Å². The number of aromatic nitrogens is 1. The molecule has 0 bridgehead atoms. The summed E-state index contributed by atoms with van der Waals surface area (Å²) in [5.41, 5.74) is 10.4. The van der Waals surface area contributed by atoms with E-state index >= 15 is 0 Å². The van der Waals surface area contributed by atoms with Crippen molar-refractivity contribution >= 4 is 38.3 Å². The Morgan fingerprint density at radius 2 is 1.25 bits per heavy atom. The molecular formula is C22H16N2. The third-order valence-electron chi connectivity index (χ3n) is 4.70. The topological polar surface area (TPSA) is 30.9 Å². The van der Waals surface area contributed by atoms with Gasteiger partial charge in [0.2, 0.25) is 0 Å². The van der Waals surface area contributed by atoms with E-state index in [0.717, 1.165) is 11.1 Å². The van der Waals surface area contributed by atoms with Crippen molar-refractivity contribution in [1.29, 1.82) is 0 Å². The summed E-state index contributed by atoms with van der Waals surface area (Å²) in [6, 6.07) is 29.7. The molecule has 0 spiro atoms. The summed E-state index contributed by atoms with van der Waals surface area (Å²) >= 11 is 0. The highest BCUT2D eigenvalue weighted by Crippen LogP contribution is 2.34. The van der Waals surface area contributed by atoms with Gasteiger partial charge in [0, 0.05) is 21.8 Å². The summed E-state index contributed by atoms with van der Waals surface area (Å²) < 4.78 is 2.35. The Balaban J connectivity index is 1.99. The molecule has 4 aromatic carbocycles. The SMILES string of the molecule is Nc1ccc2c(-n3c4ccccc4c4ccccc43)cccc2c1. The Bertz CT molecular complexity index is 1160. The number of hydrogen-bond acceptors (Lipinski definition) is 1. The van der Waals surface area contributed by atoms with Gasteiger partial charge in [0.15, 0.2) is 0 Å². The Morgan fingerprint density at radius 3 is 1.96 bits per heavy atom. The number of benzene rings is 4. The van der Waals surface area contributed by atoms with Crippen molar-refractivity contribution in [3.63, 3.8) is 0 Å². The summed E-state index contributed by atoms with van der Waals surface area (Å²) in [4.78, 5) is 0. The summed E-state index contributed by atoms with van der Waals surface area (Å²) in [5, 5.41) is 4.92. The van der Waals surface area contributed by atoms with Crippen LogP contribution in [0.4, 0.5) is 5.69 Å². The van der Waals surface area contributed by atoms with Crippen molar-refractivity contribution in [1.82, 2.24) is 4.57 Å². The highest BCUT2D eigenvalue weighted by atomic mass is 15.0. The first kappa shape index (κ1) is 13.2. The van der Waals surface area contributed by atoms with E-state index in [1.165, 1.54) is 32.9 Å². The van der Waals surface area contributed by atoms with E-state index in [2.05, 4.69) is 77.4 Å². The smallest absolute Gasteiger partial charge is 0.0541 e. The summed E-state index contributed by atoms with van der Waals surface area (Å²) in [6.45, 7) is 0. The predicted octanol–water partition coefficient (Wildman–Crippen LogP) is 5.52. The minimum Gasteiger partial charge on any atom is -0.399 e. The molecular weight excluding hydrogens is 292 g/mol. The maximum absolute atomic E-state index is 5.97. The number of fused-ring (bicyclic) bond motifs is 4. The van der Waals surface area contributed by atoms with Crippen molar-refractivity contribution in [2.45, 2.75) is 0 Å². The number of anilines is 1. The Morgan fingerprint density at radius 1 is 0.583 bits per heavy atom. The number of rotatable bonds is 1. The first-order valence-corrected chi connectivity index (χ1v) is 8.10. The minimum atomic E-state index is 0.793. The second kappa shape index (κ2) is 4.87. The minimum absolute atomic E-state index is 0.793. The average molecular weight is 308 g/mol. The molecule has 2 nitrogen and oxygen atoms in total. The maximum atomic E-state index is 5.97. The average Bonchev–Trinajstić information content (AvgIpc) is 2.95. The Labute approximate surface area is 139 Å². The van der Waals surface area contributed by atoms with E-state index in [1.54, 1.807) is 0 Å².